The van der Waals surface area contributed by atoms with Gasteiger partial charge >= 0.3 is 0 Å². The molecular weight excluding hydrogens is 164 g/mol. The normalized spacial score (nSPS) is 11.0. The third-order valence-corrected chi connectivity index (χ3v) is 1.39. The summed E-state index contributed by atoms with van der Waals surface area (Å²) >= 11 is 0. The van der Waals surface area contributed by atoms with E-state index >= 15 is 0 Å². The van der Waals surface area contributed by atoms with Gasteiger partial charge in [0.2, 0.25) is 0 Å². The summed E-state index contributed by atoms with van der Waals surface area (Å²) < 4.78 is 5.28. The molecule has 1 heterocycles. The second kappa shape index (κ2) is 4.13. The van der Waals surface area contributed by atoms with Gasteiger partial charge in [0.25, 0.3) is 0 Å². The Morgan fingerprint density at radius 1 is 1.69 bits per heavy atom. The van der Waals surface area contributed by atoms with E-state index in [2.05, 4.69) is 10.9 Å². The highest BCUT2D eigenvalue weighted by atomic mass is 16.5. The first kappa shape index (κ1) is 9.09. The Bertz CT molecular complexity index is 373. The standard InChI is InChI=1S/C10H8N2O/c1-3-8(2)13-10-4-5-12-9(6-10)7-11/h1,4-6,8H,2H3. The van der Waals surface area contributed by atoms with Crippen molar-refractivity contribution in [2.75, 3.05) is 0 Å². The molecule has 0 amide bonds. The number of ether oxygens (including phenoxy) is 1. The summed E-state index contributed by atoms with van der Waals surface area (Å²) in [6.45, 7) is 1.76. The van der Waals surface area contributed by atoms with Crippen LogP contribution in [-0.2, 0) is 0 Å². The van der Waals surface area contributed by atoms with Gasteiger partial charge < -0.3 is 4.74 Å². The Morgan fingerprint density at radius 2 is 2.46 bits per heavy atom. The van der Waals surface area contributed by atoms with Crippen LogP contribution in [0.1, 0.15) is 12.6 Å². The van der Waals surface area contributed by atoms with Gasteiger partial charge in [-0.25, -0.2) is 4.98 Å². The van der Waals surface area contributed by atoms with Crippen LogP contribution in [0, 0.1) is 23.7 Å². The lowest BCUT2D eigenvalue weighted by atomic mass is 10.3. The molecular formula is C10H8N2O. The van der Waals surface area contributed by atoms with E-state index in [0.717, 1.165) is 0 Å². The highest BCUT2D eigenvalue weighted by Gasteiger charge is 2.00. The average Bonchev–Trinajstić information content (AvgIpc) is 2.18. The minimum Gasteiger partial charge on any atom is -0.478 e. The Kier molecular flexibility index (Phi) is 2.89. The molecule has 0 N–H and O–H groups in total. The molecule has 0 aliphatic rings. The summed E-state index contributed by atoms with van der Waals surface area (Å²) in [6.07, 6.45) is 6.35. The molecule has 1 aromatic heterocycles. The smallest absolute Gasteiger partial charge is 0.156 e. The zero-order valence-electron chi connectivity index (χ0n) is 7.19. The van der Waals surface area contributed by atoms with E-state index in [4.69, 9.17) is 16.4 Å². The molecule has 0 aliphatic heterocycles. The average molecular weight is 172 g/mol. The van der Waals surface area contributed by atoms with Crippen LogP contribution >= 0.6 is 0 Å². The first-order chi connectivity index (χ1) is 6.26. The van der Waals surface area contributed by atoms with Crippen molar-refractivity contribution in [3.8, 4) is 24.2 Å². The molecule has 1 rings (SSSR count). The molecule has 1 aromatic rings. The number of nitrogens with zero attached hydrogens (tertiary/aromatic N) is 2. The Labute approximate surface area is 77.0 Å². The Hall–Kier alpha value is -2.00. The van der Waals surface area contributed by atoms with Gasteiger partial charge in [-0.15, -0.1) is 6.42 Å². The second-order valence-corrected chi connectivity index (χ2v) is 2.42. The van der Waals surface area contributed by atoms with Gasteiger partial charge in [-0.2, -0.15) is 5.26 Å². The van der Waals surface area contributed by atoms with Crippen LogP contribution in [0.25, 0.3) is 0 Å². The van der Waals surface area contributed by atoms with E-state index < -0.39 is 0 Å². The van der Waals surface area contributed by atoms with Crippen molar-refractivity contribution in [3.63, 3.8) is 0 Å². The van der Waals surface area contributed by atoms with E-state index in [-0.39, 0.29) is 6.10 Å². The molecule has 0 fully saturated rings. The molecule has 3 nitrogen and oxygen atoms in total. The second-order valence-electron chi connectivity index (χ2n) is 2.42. The zero-order chi connectivity index (χ0) is 9.68. The number of aromatic nitrogens is 1. The van der Waals surface area contributed by atoms with Crippen molar-refractivity contribution in [1.29, 1.82) is 5.26 Å². The van der Waals surface area contributed by atoms with Gasteiger partial charge in [0.1, 0.15) is 17.5 Å². The third kappa shape index (κ3) is 2.50. The van der Waals surface area contributed by atoms with Crippen LogP contribution in [0.15, 0.2) is 18.3 Å². The molecule has 64 valence electrons. The summed E-state index contributed by atoms with van der Waals surface area (Å²) in [4.78, 5) is 3.80. The molecule has 0 saturated carbocycles. The zero-order valence-corrected chi connectivity index (χ0v) is 7.19. The lowest BCUT2D eigenvalue weighted by Gasteiger charge is -2.07. The molecule has 3 heteroatoms. The maximum absolute atomic E-state index is 8.54. The molecule has 0 spiro atoms. The molecule has 0 radical (unpaired) electrons. The summed E-state index contributed by atoms with van der Waals surface area (Å²) in [5.74, 6) is 2.99. The fourth-order valence-electron chi connectivity index (χ4n) is 0.784. The van der Waals surface area contributed by atoms with Crippen molar-refractivity contribution < 1.29 is 4.74 Å². The number of pyridine rings is 1. The van der Waals surface area contributed by atoms with Gasteiger partial charge in [0, 0.05) is 12.3 Å². The summed E-state index contributed by atoms with van der Waals surface area (Å²) in [5.41, 5.74) is 0.321. The first-order valence-electron chi connectivity index (χ1n) is 3.75. The van der Waals surface area contributed by atoms with Crippen LogP contribution in [0.5, 0.6) is 5.75 Å². The quantitative estimate of drug-likeness (QED) is 0.632. The van der Waals surface area contributed by atoms with E-state index in [1.807, 2.05) is 6.07 Å². The fourth-order valence-corrected chi connectivity index (χ4v) is 0.784. The molecule has 1 atom stereocenters. The van der Waals surface area contributed by atoms with Crippen molar-refractivity contribution in [3.05, 3.63) is 24.0 Å². The molecule has 0 aromatic carbocycles. The highest BCUT2D eigenvalue weighted by Crippen LogP contribution is 2.11. The van der Waals surface area contributed by atoms with Crippen molar-refractivity contribution in [2.45, 2.75) is 13.0 Å². The van der Waals surface area contributed by atoms with Gasteiger partial charge in [-0.05, 0) is 13.0 Å². The molecule has 0 aliphatic carbocycles. The van der Waals surface area contributed by atoms with Gasteiger partial charge in [-0.1, -0.05) is 5.92 Å². The van der Waals surface area contributed by atoms with Crippen molar-refractivity contribution in [2.24, 2.45) is 0 Å². The first-order valence-corrected chi connectivity index (χ1v) is 3.75. The van der Waals surface area contributed by atoms with Gasteiger partial charge in [-0.3, -0.25) is 0 Å². The number of hydrogen-bond donors (Lipinski definition) is 0. The summed E-state index contributed by atoms with van der Waals surface area (Å²) in [7, 11) is 0. The SMILES string of the molecule is C#CC(C)Oc1ccnc(C#N)c1. The molecule has 0 saturated heterocycles. The lowest BCUT2D eigenvalue weighted by molar-refractivity contribution is 0.278. The number of nitriles is 1. The van der Waals surface area contributed by atoms with E-state index in [9.17, 15) is 0 Å². The Morgan fingerprint density at radius 3 is 3.08 bits per heavy atom. The Balaban J connectivity index is 2.80. The topological polar surface area (TPSA) is 45.9 Å². The summed E-state index contributed by atoms with van der Waals surface area (Å²) in [6, 6.07) is 5.13. The number of rotatable bonds is 2. The van der Waals surface area contributed by atoms with Gasteiger partial charge in [0.15, 0.2) is 6.10 Å². The third-order valence-electron chi connectivity index (χ3n) is 1.39. The van der Waals surface area contributed by atoms with Crippen LogP contribution in [0.2, 0.25) is 0 Å². The lowest BCUT2D eigenvalue weighted by Crippen LogP contribution is -2.08. The van der Waals surface area contributed by atoms with Crippen molar-refractivity contribution >= 4 is 0 Å². The van der Waals surface area contributed by atoms with Crippen LogP contribution in [0.4, 0.5) is 0 Å². The minimum absolute atomic E-state index is 0.297. The molecule has 1 unspecified atom stereocenters. The maximum Gasteiger partial charge on any atom is 0.156 e. The van der Waals surface area contributed by atoms with E-state index in [0.29, 0.717) is 11.4 Å². The number of hydrogen-bond acceptors (Lipinski definition) is 3. The summed E-state index contributed by atoms with van der Waals surface area (Å²) in [5, 5.41) is 8.54. The van der Waals surface area contributed by atoms with Gasteiger partial charge in [0.05, 0.1) is 0 Å². The predicted molar refractivity (Wildman–Crippen MR) is 47.9 cm³/mol. The highest BCUT2D eigenvalue weighted by molar-refractivity contribution is 5.30. The van der Waals surface area contributed by atoms with Crippen molar-refractivity contribution in [1.82, 2.24) is 4.98 Å². The largest absolute Gasteiger partial charge is 0.478 e. The van der Waals surface area contributed by atoms with Crippen LogP contribution < -0.4 is 4.74 Å². The minimum atomic E-state index is -0.297. The number of terminal acetylenes is 1. The van der Waals surface area contributed by atoms with E-state index in [1.54, 1.807) is 19.1 Å². The van der Waals surface area contributed by atoms with Crippen LogP contribution in [0.3, 0.4) is 0 Å². The van der Waals surface area contributed by atoms with Crippen LogP contribution in [-0.4, -0.2) is 11.1 Å². The monoisotopic (exact) mass is 172 g/mol. The predicted octanol–water partition coefficient (Wildman–Crippen LogP) is 1.35. The maximum atomic E-state index is 8.54. The fraction of sp³-hybridized carbons (Fsp3) is 0.200. The molecule has 0 bridgehead atoms. The molecule has 13 heavy (non-hydrogen) atoms. The van der Waals surface area contributed by atoms with E-state index in [1.165, 1.54) is 6.20 Å².